The van der Waals surface area contributed by atoms with Crippen LogP contribution < -0.4 is 5.73 Å². The first-order valence-electron chi connectivity index (χ1n) is 4.94. The zero-order valence-corrected chi connectivity index (χ0v) is 9.28. The second kappa shape index (κ2) is 3.42. The molecule has 0 aliphatic rings. The predicted octanol–water partition coefficient (Wildman–Crippen LogP) is 2.29. The van der Waals surface area contributed by atoms with Gasteiger partial charge in [-0.1, -0.05) is 6.07 Å². The zero-order valence-electron chi connectivity index (χ0n) is 9.28. The lowest BCUT2D eigenvalue weighted by Gasteiger charge is -2.03. The van der Waals surface area contributed by atoms with Gasteiger partial charge in [0.25, 0.3) is 0 Å². The average Bonchev–Trinajstić information content (AvgIpc) is 2.50. The van der Waals surface area contributed by atoms with E-state index in [-0.39, 0.29) is 0 Å². The van der Waals surface area contributed by atoms with Crippen molar-refractivity contribution in [3.05, 3.63) is 35.7 Å². The van der Waals surface area contributed by atoms with Crippen LogP contribution in [-0.4, -0.2) is 9.78 Å². The number of rotatable bonds is 1. The lowest BCUT2D eigenvalue weighted by molar-refractivity contribution is 0.756. The summed E-state index contributed by atoms with van der Waals surface area (Å²) in [6.07, 6.45) is 2.03. The van der Waals surface area contributed by atoms with Crippen molar-refractivity contribution in [3.63, 3.8) is 0 Å². The number of benzene rings is 1. The van der Waals surface area contributed by atoms with Crippen LogP contribution in [0.15, 0.2) is 24.4 Å². The molecule has 3 nitrogen and oxygen atoms in total. The molecule has 2 aromatic rings. The third-order valence-corrected chi connectivity index (χ3v) is 2.59. The Hall–Kier alpha value is -1.77. The number of nitrogen functional groups attached to an aromatic ring is 1. The van der Waals surface area contributed by atoms with Crippen LogP contribution in [0.2, 0.25) is 0 Å². The summed E-state index contributed by atoms with van der Waals surface area (Å²) in [5.74, 6) is 0. The van der Waals surface area contributed by atoms with E-state index in [0.717, 1.165) is 16.9 Å². The van der Waals surface area contributed by atoms with Crippen LogP contribution in [0.25, 0.3) is 11.1 Å². The van der Waals surface area contributed by atoms with Crippen molar-refractivity contribution in [2.75, 3.05) is 5.73 Å². The van der Waals surface area contributed by atoms with E-state index in [1.54, 1.807) is 0 Å². The van der Waals surface area contributed by atoms with Crippen LogP contribution in [0.4, 0.5) is 5.69 Å². The highest BCUT2D eigenvalue weighted by Gasteiger charge is 2.06. The van der Waals surface area contributed by atoms with Gasteiger partial charge in [-0.25, -0.2) is 0 Å². The lowest BCUT2D eigenvalue weighted by atomic mass is 10.0. The van der Waals surface area contributed by atoms with Crippen LogP contribution in [0, 0.1) is 13.8 Å². The molecule has 1 heterocycles. The second-order valence-electron chi connectivity index (χ2n) is 3.87. The highest BCUT2D eigenvalue weighted by atomic mass is 15.2. The van der Waals surface area contributed by atoms with Crippen LogP contribution in [0.1, 0.15) is 11.3 Å². The molecule has 2 N–H and O–H groups in total. The molecule has 1 aromatic carbocycles. The number of anilines is 1. The van der Waals surface area contributed by atoms with Crippen LogP contribution in [-0.2, 0) is 7.05 Å². The SMILES string of the molecule is Cc1cc(-c2cn(C)nc2C)ccc1N. The minimum Gasteiger partial charge on any atom is -0.399 e. The quantitative estimate of drug-likeness (QED) is 0.719. The third kappa shape index (κ3) is 1.73. The second-order valence-corrected chi connectivity index (χ2v) is 3.87. The minimum absolute atomic E-state index is 0.834. The average molecular weight is 201 g/mol. The van der Waals surface area contributed by atoms with Crippen LogP contribution in [0.5, 0.6) is 0 Å². The molecule has 15 heavy (non-hydrogen) atoms. The molecular weight excluding hydrogens is 186 g/mol. The van der Waals surface area contributed by atoms with E-state index in [1.165, 1.54) is 11.1 Å². The summed E-state index contributed by atoms with van der Waals surface area (Å²) in [5, 5.41) is 4.32. The Balaban J connectivity index is 2.54. The van der Waals surface area contributed by atoms with Gasteiger partial charge < -0.3 is 5.73 Å². The van der Waals surface area contributed by atoms with Gasteiger partial charge in [0.1, 0.15) is 0 Å². The smallest absolute Gasteiger partial charge is 0.0671 e. The van der Waals surface area contributed by atoms with Gasteiger partial charge in [0.2, 0.25) is 0 Å². The normalized spacial score (nSPS) is 10.6. The van der Waals surface area contributed by atoms with Gasteiger partial charge >= 0.3 is 0 Å². The Bertz CT molecular complexity index is 498. The monoisotopic (exact) mass is 201 g/mol. The van der Waals surface area contributed by atoms with Gasteiger partial charge in [-0.3, -0.25) is 4.68 Å². The lowest BCUT2D eigenvalue weighted by Crippen LogP contribution is -1.89. The fraction of sp³-hybridized carbons (Fsp3) is 0.250. The Labute approximate surface area is 89.5 Å². The van der Waals surface area contributed by atoms with E-state index in [9.17, 15) is 0 Å². The summed E-state index contributed by atoms with van der Waals surface area (Å²) in [6.45, 7) is 4.03. The maximum atomic E-state index is 5.79. The molecule has 2 rings (SSSR count). The molecule has 0 fully saturated rings. The van der Waals surface area contributed by atoms with Crippen molar-refractivity contribution in [1.82, 2.24) is 9.78 Å². The molecule has 0 saturated heterocycles. The van der Waals surface area contributed by atoms with Crippen molar-refractivity contribution in [2.45, 2.75) is 13.8 Å². The molecule has 0 radical (unpaired) electrons. The van der Waals surface area contributed by atoms with Gasteiger partial charge in [0.15, 0.2) is 0 Å². The van der Waals surface area contributed by atoms with Crippen molar-refractivity contribution in [1.29, 1.82) is 0 Å². The highest BCUT2D eigenvalue weighted by Crippen LogP contribution is 2.25. The summed E-state index contributed by atoms with van der Waals surface area (Å²) in [4.78, 5) is 0. The van der Waals surface area contributed by atoms with E-state index >= 15 is 0 Å². The summed E-state index contributed by atoms with van der Waals surface area (Å²) in [5.41, 5.74) is 11.1. The van der Waals surface area contributed by atoms with E-state index in [0.29, 0.717) is 0 Å². The van der Waals surface area contributed by atoms with Crippen molar-refractivity contribution in [2.24, 2.45) is 7.05 Å². The van der Waals surface area contributed by atoms with Crippen molar-refractivity contribution < 1.29 is 0 Å². The molecule has 3 heteroatoms. The number of aryl methyl sites for hydroxylation is 3. The predicted molar refractivity (Wildman–Crippen MR) is 62.5 cm³/mol. The van der Waals surface area contributed by atoms with E-state index in [4.69, 9.17) is 5.73 Å². The molecule has 0 aliphatic heterocycles. The Morgan fingerprint density at radius 1 is 1.27 bits per heavy atom. The maximum Gasteiger partial charge on any atom is 0.0671 e. The third-order valence-electron chi connectivity index (χ3n) is 2.59. The summed E-state index contributed by atoms with van der Waals surface area (Å²) in [6, 6.07) is 6.07. The van der Waals surface area contributed by atoms with E-state index < -0.39 is 0 Å². The minimum atomic E-state index is 0.834. The molecule has 0 amide bonds. The molecule has 0 aliphatic carbocycles. The molecule has 0 unspecified atom stereocenters. The van der Waals surface area contributed by atoms with Crippen LogP contribution >= 0.6 is 0 Å². The molecule has 78 valence electrons. The van der Waals surface area contributed by atoms with Crippen LogP contribution in [0.3, 0.4) is 0 Å². The number of nitrogens with zero attached hydrogens (tertiary/aromatic N) is 2. The van der Waals surface area contributed by atoms with Crippen molar-refractivity contribution >= 4 is 5.69 Å². The molecular formula is C12H15N3. The first-order valence-corrected chi connectivity index (χ1v) is 4.94. The zero-order chi connectivity index (χ0) is 11.0. The number of hydrogen-bond donors (Lipinski definition) is 1. The molecule has 1 aromatic heterocycles. The summed E-state index contributed by atoms with van der Waals surface area (Å²) < 4.78 is 1.83. The Morgan fingerprint density at radius 3 is 2.53 bits per heavy atom. The van der Waals surface area contributed by atoms with E-state index in [1.807, 2.05) is 43.9 Å². The molecule has 0 atom stereocenters. The summed E-state index contributed by atoms with van der Waals surface area (Å²) in [7, 11) is 1.93. The van der Waals surface area contributed by atoms with Gasteiger partial charge in [-0.05, 0) is 37.1 Å². The maximum absolute atomic E-state index is 5.79. The Kier molecular flexibility index (Phi) is 2.23. The molecule has 0 spiro atoms. The summed E-state index contributed by atoms with van der Waals surface area (Å²) >= 11 is 0. The fourth-order valence-corrected chi connectivity index (χ4v) is 1.73. The molecule has 0 saturated carbocycles. The number of nitrogens with two attached hydrogens (primary N) is 1. The standard InChI is InChI=1S/C12H15N3/c1-8-6-10(4-5-12(8)13)11-7-15(3)14-9(11)2/h4-7H,13H2,1-3H3. The topological polar surface area (TPSA) is 43.8 Å². The largest absolute Gasteiger partial charge is 0.399 e. The van der Waals surface area contributed by atoms with Gasteiger partial charge in [0.05, 0.1) is 5.69 Å². The first kappa shape index (κ1) is 9.77. The molecule has 0 bridgehead atoms. The van der Waals surface area contributed by atoms with Crippen molar-refractivity contribution in [3.8, 4) is 11.1 Å². The van der Waals surface area contributed by atoms with Gasteiger partial charge in [0, 0.05) is 24.5 Å². The van der Waals surface area contributed by atoms with Gasteiger partial charge in [-0.15, -0.1) is 0 Å². The highest BCUT2D eigenvalue weighted by molar-refractivity contribution is 5.68. The van der Waals surface area contributed by atoms with Gasteiger partial charge in [-0.2, -0.15) is 5.10 Å². The fourth-order valence-electron chi connectivity index (χ4n) is 1.73. The number of aromatic nitrogens is 2. The number of hydrogen-bond acceptors (Lipinski definition) is 2. The first-order chi connectivity index (χ1) is 7.08. The van der Waals surface area contributed by atoms with E-state index in [2.05, 4.69) is 11.2 Å². The Morgan fingerprint density at radius 2 is 2.00 bits per heavy atom.